The first kappa shape index (κ1) is 12.3. The number of nitrogens with zero attached hydrogens (tertiary/aromatic N) is 1. The molecule has 1 aromatic heterocycles. The van der Waals surface area contributed by atoms with Gasteiger partial charge in [0.25, 0.3) is 6.01 Å². The van der Waals surface area contributed by atoms with Gasteiger partial charge in [-0.1, -0.05) is 0 Å². The minimum Gasteiger partial charge on any atom is -0.496 e. The van der Waals surface area contributed by atoms with Crippen LogP contribution in [0, 0.1) is 6.92 Å². The first-order valence-corrected chi connectivity index (χ1v) is 6.23. The molecule has 0 spiro atoms. The zero-order valence-corrected chi connectivity index (χ0v) is 11.3. The van der Waals surface area contributed by atoms with E-state index in [1.165, 1.54) is 0 Å². The zero-order chi connectivity index (χ0) is 14.1. The maximum Gasteiger partial charge on any atom is 0.300 e. The summed E-state index contributed by atoms with van der Waals surface area (Å²) in [4.78, 5) is 4.36. The van der Waals surface area contributed by atoms with Crippen LogP contribution in [0.25, 0.3) is 11.1 Å². The van der Waals surface area contributed by atoms with Crippen LogP contribution in [-0.4, -0.2) is 12.1 Å². The standard InChI is InChI=1S/C15H15N3O2/c1-9-7-11(4-6-13(9)19-2)17-15-18-12-5-3-10(16)8-14(12)20-15/h3-8H,16H2,1-2H3,(H,17,18). The van der Waals surface area contributed by atoms with Gasteiger partial charge >= 0.3 is 0 Å². The van der Waals surface area contributed by atoms with Crippen LogP contribution in [0.15, 0.2) is 40.8 Å². The number of nitrogens with two attached hydrogens (primary N) is 1. The Balaban J connectivity index is 1.90. The lowest BCUT2D eigenvalue weighted by Gasteiger charge is -2.07. The van der Waals surface area contributed by atoms with Crippen molar-refractivity contribution in [3.63, 3.8) is 0 Å². The molecule has 0 saturated carbocycles. The van der Waals surface area contributed by atoms with Crippen molar-refractivity contribution in [2.75, 3.05) is 18.2 Å². The fourth-order valence-electron chi connectivity index (χ4n) is 2.07. The maximum absolute atomic E-state index is 5.72. The molecule has 0 aliphatic rings. The summed E-state index contributed by atoms with van der Waals surface area (Å²) in [5.41, 5.74) is 9.73. The number of nitrogen functional groups attached to an aromatic ring is 1. The molecule has 3 aromatic rings. The quantitative estimate of drug-likeness (QED) is 0.712. The molecule has 0 amide bonds. The second kappa shape index (κ2) is 4.77. The number of anilines is 3. The van der Waals surface area contributed by atoms with Crippen LogP contribution in [0.3, 0.4) is 0 Å². The van der Waals surface area contributed by atoms with E-state index in [-0.39, 0.29) is 0 Å². The van der Waals surface area contributed by atoms with Crippen LogP contribution in [0.4, 0.5) is 17.4 Å². The number of benzene rings is 2. The smallest absolute Gasteiger partial charge is 0.300 e. The Kier molecular flexibility index (Phi) is 2.95. The van der Waals surface area contributed by atoms with E-state index in [0.29, 0.717) is 17.3 Å². The summed E-state index contributed by atoms with van der Waals surface area (Å²) in [6.45, 7) is 1.98. The Morgan fingerprint density at radius 3 is 2.80 bits per heavy atom. The highest BCUT2D eigenvalue weighted by Crippen LogP contribution is 2.26. The number of ether oxygens (including phenoxy) is 1. The van der Waals surface area contributed by atoms with Crippen molar-refractivity contribution in [1.29, 1.82) is 0 Å². The molecule has 0 saturated heterocycles. The SMILES string of the molecule is COc1ccc(Nc2nc3ccc(N)cc3o2)cc1C. The van der Waals surface area contributed by atoms with Crippen LogP contribution in [0.5, 0.6) is 5.75 Å². The van der Waals surface area contributed by atoms with E-state index >= 15 is 0 Å². The van der Waals surface area contributed by atoms with Gasteiger partial charge in [0.1, 0.15) is 11.3 Å². The number of hydrogen-bond acceptors (Lipinski definition) is 5. The lowest BCUT2D eigenvalue weighted by Crippen LogP contribution is -1.92. The van der Waals surface area contributed by atoms with Crippen LogP contribution in [0.1, 0.15) is 5.56 Å². The number of rotatable bonds is 3. The molecule has 0 atom stereocenters. The fraction of sp³-hybridized carbons (Fsp3) is 0.133. The third kappa shape index (κ3) is 2.25. The molecule has 20 heavy (non-hydrogen) atoms. The van der Waals surface area contributed by atoms with E-state index in [1.54, 1.807) is 19.2 Å². The van der Waals surface area contributed by atoms with E-state index in [4.69, 9.17) is 14.9 Å². The van der Waals surface area contributed by atoms with Gasteiger partial charge in [-0.25, -0.2) is 0 Å². The number of fused-ring (bicyclic) bond motifs is 1. The normalized spacial score (nSPS) is 10.7. The zero-order valence-electron chi connectivity index (χ0n) is 11.3. The number of hydrogen-bond donors (Lipinski definition) is 2. The van der Waals surface area contributed by atoms with Gasteiger partial charge in [-0.2, -0.15) is 4.98 Å². The van der Waals surface area contributed by atoms with E-state index in [1.807, 2.05) is 31.2 Å². The van der Waals surface area contributed by atoms with Crippen molar-refractivity contribution < 1.29 is 9.15 Å². The van der Waals surface area contributed by atoms with Crippen molar-refractivity contribution in [3.05, 3.63) is 42.0 Å². The highest BCUT2D eigenvalue weighted by atomic mass is 16.5. The van der Waals surface area contributed by atoms with Crippen molar-refractivity contribution >= 4 is 28.5 Å². The predicted molar refractivity (Wildman–Crippen MR) is 79.4 cm³/mol. The lowest BCUT2D eigenvalue weighted by atomic mass is 10.2. The van der Waals surface area contributed by atoms with Gasteiger partial charge in [0.05, 0.1) is 7.11 Å². The average molecular weight is 269 g/mol. The monoisotopic (exact) mass is 269 g/mol. The maximum atomic E-state index is 5.72. The number of methoxy groups -OCH3 is 1. The number of aromatic nitrogens is 1. The van der Waals surface area contributed by atoms with E-state index in [2.05, 4.69) is 10.3 Å². The predicted octanol–water partition coefficient (Wildman–Crippen LogP) is 3.47. The Hall–Kier alpha value is -2.69. The molecule has 0 radical (unpaired) electrons. The molecule has 0 aliphatic heterocycles. The largest absolute Gasteiger partial charge is 0.496 e. The summed E-state index contributed by atoms with van der Waals surface area (Å²) >= 11 is 0. The van der Waals surface area contributed by atoms with Crippen molar-refractivity contribution in [1.82, 2.24) is 4.98 Å². The van der Waals surface area contributed by atoms with Gasteiger partial charge in [0.2, 0.25) is 0 Å². The summed E-state index contributed by atoms with van der Waals surface area (Å²) in [7, 11) is 1.65. The van der Waals surface area contributed by atoms with Gasteiger partial charge in [-0.3, -0.25) is 0 Å². The van der Waals surface area contributed by atoms with E-state index < -0.39 is 0 Å². The fourth-order valence-corrected chi connectivity index (χ4v) is 2.07. The molecule has 5 heteroatoms. The third-order valence-corrected chi connectivity index (χ3v) is 3.06. The summed E-state index contributed by atoms with van der Waals surface area (Å²) in [5, 5.41) is 3.13. The second-order valence-corrected chi connectivity index (χ2v) is 4.56. The Morgan fingerprint density at radius 2 is 2.05 bits per heavy atom. The first-order valence-electron chi connectivity index (χ1n) is 6.23. The molecular formula is C15H15N3O2. The Bertz CT molecular complexity index is 765. The van der Waals surface area contributed by atoms with E-state index in [0.717, 1.165) is 22.5 Å². The summed E-state index contributed by atoms with van der Waals surface area (Å²) in [5.74, 6) is 0.848. The molecule has 0 unspecified atom stereocenters. The lowest BCUT2D eigenvalue weighted by molar-refractivity contribution is 0.412. The molecule has 5 nitrogen and oxygen atoms in total. The van der Waals surface area contributed by atoms with Crippen LogP contribution in [-0.2, 0) is 0 Å². The summed E-state index contributed by atoms with van der Waals surface area (Å²) < 4.78 is 10.8. The number of aryl methyl sites for hydroxylation is 1. The minimum absolute atomic E-state index is 0.440. The van der Waals surface area contributed by atoms with Crippen LogP contribution in [0.2, 0.25) is 0 Å². The highest BCUT2D eigenvalue weighted by Gasteiger charge is 2.07. The van der Waals surface area contributed by atoms with Gasteiger partial charge in [0, 0.05) is 17.4 Å². The molecule has 0 bridgehead atoms. The minimum atomic E-state index is 0.440. The van der Waals surface area contributed by atoms with Crippen molar-refractivity contribution in [3.8, 4) is 5.75 Å². The molecule has 0 fully saturated rings. The molecule has 1 heterocycles. The molecule has 3 rings (SSSR count). The molecular weight excluding hydrogens is 254 g/mol. The number of oxazole rings is 1. The van der Waals surface area contributed by atoms with Crippen LogP contribution >= 0.6 is 0 Å². The van der Waals surface area contributed by atoms with Crippen molar-refractivity contribution in [2.45, 2.75) is 6.92 Å². The number of nitrogens with one attached hydrogen (secondary N) is 1. The van der Waals surface area contributed by atoms with Gasteiger partial charge in [-0.15, -0.1) is 0 Å². The molecule has 2 aromatic carbocycles. The molecule has 3 N–H and O–H groups in total. The third-order valence-electron chi connectivity index (χ3n) is 3.06. The Morgan fingerprint density at radius 1 is 1.20 bits per heavy atom. The highest BCUT2D eigenvalue weighted by molar-refractivity contribution is 5.78. The summed E-state index contributed by atoms with van der Waals surface area (Å²) in [6, 6.07) is 11.6. The van der Waals surface area contributed by atoms with Gasteiger partial charge in [0.15, 0.2) is 5.58 Å². The van der Waals surface area contributed by atoms with Gasteiger partial charge < -0.3 is 20.2 Å². The van der Waals surface area contributed by atoms with Crippen molar-refractivity contribution in [2.24, 2.45) is 0 Å². The van der Waals surface area contributed by atoms with Crippen LogP contribution < -0.4 is 15.8 Å². The summed E-state index contributed by atoms with van der Waals surface area (Å²) in [6.07, 6.45) is 0. The first-order chi connectivity index (χ1) is 9.65. The van der Waals surface area contributed by atoms with Gasteiger partial charge in [-0.05, 0) is 42.8 Å². The molecule has 102 valence electrons. The average Bonchev–Trinajstić information content (AvgIpc) is 2.80. The second-order valence-electron chi connectivity index (χ2n) is 4.56. The van der Waals surface area contributed by atoms with E-state index in [9.17, 15) is 0 Å². The molecule has 0 aliphatic carbocycles. The topological polar surface area (TPSA) is 73.3 Å². The Labute approximate surface area is 116 Å².